The molecule has 0 aromatic rings. The van der Waals surface area contributed by atoms with E-state index in [1.54, 1.807) is 0 Å². The number of halogens is 1. The van der Waals surface area contributed by atoms with Gasteiger partial charge in [-0.15, -0.1) is 12.4 Å². The van der Waals surface area contributed by atoms with Crippen LogP contribution in [-0.4, -0.2) is 41.0 Å². The Morgan fingerprint density at radius 2 is 2.09 bits per heavy atom. The average molecular weight is 273 g/mol. The van der Waals surface area contributed by atoms with E-state index in [0.29, 0.717) is 0 Å². The van der Waals surface area contributed by atoms with Crippen molar-refractivity contribution in [3.63, 3.8) is 0 Å². The fraction of sp³-hybridized carbons (Fsp3) is 0.800. The van der Waals surface area contributed by atoms with Gasteiger partial charge in [-0.05, 0) is 19.4 Å². The first-order valence-corrected chi connectivity index (χ1v) is 2.77. The zero-order valence-electron chi connectivity index (χ0n) is 5.46. The molecule has 3 nitrogen and oxygen atoms in total. The Kier molecular flexibility index (Phi) is 15.1. The van der Waals surface area contributed by atoms with Gasteiger partial charge in [0.25, 0.3) is 0 Å². The summed E-state index contributed by atoms with van der Waals surface area (Å²) in [5.74, 6) is -0.720. The summed E-state index contributed by atoms with van der Waals surface area (Å²) in [4.78, 5) is 10.1. The molecule has 0 aromatic heterocycles. The van der Waals surface area contributed by atoms with Gasteiger partial charge < -0.3 is 10.4 Å². The monoisotopic (exact) mass is 271 g/mol. The molecule has 0 radical (unpaired) electrons. The third kappa shape index (κ3) is 6.31. The average Bonchev–Trinajstić information content (AvgIpc) is 2.12. The molecular weight excluding hydrogens is 260 g/mol. The molecular formula is C5H13AlClNO2Zr. The van der Waals surface area contributed by atoms with Crippen LogP contribution in [0.25, 0.3) is 0 Å². The Balaban J connectivity index is -0.000000213. The molecule has 6 heteroatoms. The fourth-order valence-electron chi connectivity index (χ4n) is 0.895. The Labute approximate surface area is 102 Å². The molecule has 1 aliphatic rings. The quantitative estimate of drug-likeness (QED) is 0.606. The third-order valence-corrected chi connectivity index (χ3v) is 1.36. The van der Waals surface area contributed by atoms with Gasteiger partial charge in [-0.25, -0.2) is 0 Å². The molecule has 1 rings (SSSR count). The molecule has 1 fully saturated rings. The number of hydrogen-bond acceptors (Lipinski definition) is 2. The van der Waals surface area contributed by atoms with Crippen molar-refractivity contribution in [2.45, 2.75) is 18.9 Å². The van der Waals surface area contributed by atoms with Crippen LogP contribution >= 0.6 is 12.4 Å². The zero-order chi connectivity index (χ0) is 5.98. The molecule has 0 aromatic carbocycles. The SMILES string of the molecule is Cl.O=C(O)C1CCCN1.[AlH3].[Zr]. The molecule has 0 saturated carbocycles. The minimum Gasteiger partial charge on any atom is -0.480 e. The van der Waals surface area contributed by atoms with E-state index < -0.39 is 5.97 Å². The minimum absolute atomic E-state index is 0. The molecule has 0 amide bonds. The van der Waals surface area contributed by atoms with E-state index in [2.05, 4.69) is 5.32 Å². The zero-order valence-corrected chi connectivity index (χ0v) is 8.74. The van der Waals surface area contributed by atoms with Gasteiger partial charge in [0.15, 0.2) is 17.4 Å². The van der Waals surface area contributed by atoms with E-state index in [9.17, 15) is 4.79 Å². The second kappa shape index (κ2) is 9.23. The van der Waals surface area contributed by atoms with Gasteiger partial charge in [-0.2, -0.15) is 0 Å². The van der Waals surface area contributed by atoms with Gasteiger partial charge in [0.1, 0.15) is 6.04 Å². The van der Waals surface area contributed by atoms with Crippen LogP contribution < -0.4 is 5.32 Å². The van der Waals surface area contributed by atoms with E-state index in [1.807, 2.05) is 0 Å². The second-order valence-corrected chi connectivity index (χ2v) is 1.99. The summed E-state index contributed by atoms with van der Waals surface area (Å²) in [6, 6.07) is -0.269. The Morgan fingerprint density at radius 1 is 1.55 bits per heavy atom. The summed E-state index contributed by atoms with van der Waals surface area (Å²) in [5, 5.41) is 11.2. The van der Waals surface area contributed by atoms with Crippen LogP contribution in [-0.2, 0) is 31.0 Å². The van der Waals surface area contributed by atoms with Crippen molar-refractivity contribution < 1.29 is 36.1 Å². The number of carboxylic acid groups (broad SMARTS) is 1. The Morgan fingerprint density at radius 3 is 2.27 bits per heavy atom. The maximum atomic E-state index is 10.1. The minimum atomic E-state index is -0.720. The first kappa shape index (κ1) is 18.0. The maximum absolute atomic E-state index is 10.1. The van der Waals surface area contributed by atoms with Crippen molar-refractivity contribution in [3.8, 4) is 0 Å². The summed E-state index contributed by atoms with van der Waals surface area (Å²) in [6.07, 6.45) is 1.78. The van der Waals surface area contributed by atoms with Crippen LogP contribution in [0.1, 0.15) is 12.8 Å². The standard InChI is InChI=1S/C5H9NO2.Al.ClH.Zr.3H/c7-5(8)4-2-1-3-6-4;;;;;;/h4,6H,1-3H2,(H,7,8);;1H;;;;. The molecule has 1 unspecified atom stereocenters. The van der Waals surface area contributed by atoms with E-state index in [4.69, 9.17) is 5.11 Å². The molecule has 0 bridgehead atoms. The van der Waals surface area contributed by atoms with Crippen molar-refractivity contribution in [1.82, 2.24) is 5.32 Å². The normalized spacial score (nSPS) is 20.5. The summed E-state index contributed by atoms with van der Waals surface area (Å²) in [6.45, 7) is 0.858. The number of carboxylic acids is 1. The van der Waals surface area contributed by atoms with Crippen LogP contribution in [0, 0.1) is 0 Å². The van der Waals surface area contributed by atoms with Gasteiger partial charge in [0.05, 0.1) is 0 Å². The van der Waals surface area contributed by atoms with Gasteiger partial charge in [-0.1, -0.05) is 0 Å². The van der Waals surface area contributed by atoms with Crippen LogP contribution in [0.4, 0.5) is 0 Å². The smallest absolute Gasteiger partial charge is 0.320 e. The third-order valence-electron chi connectivity index (χ3n) is 1.36. The molecule has 0 spiro atoms. The van der Waals surface area contributed by atoms with Gasteiger partial charge in [0.2, 0.25) is 0 Å². The van der Waals surface area contributed by atoms with Crippen molar-refractivity contribution in [2.24, 2.45) is 0 Å². The first-order valence-electron chi connectivity index (χ1n) is 2.77. The summed E-state index contributed by atoms with van der Waals surface area (Å²) >= 11 is 0. The van der Waals surface area contributed by atoms with Crippen molar-refractivity contribution in [1.29, 1.82) is 0 Å². The van der Waals surface area contributed by atoms with Gasteiger partial charge >= 0.3 is 5.97 Å². The largest absolute Gasteiger partial charge is 0.480 e. The van der Waals surface area contributed by atoms with E-state index in [-0.39, 0.29) is 62.0 Å². The van der Waals surface area contributed by atoms with Crippen molar-refractivity contribution in [3.05, 3.63) is 0 Å². The predicted molar refractivity (Wildman–Crippen MR) is 45.8 cm³/mol. The van der Waals surface area contributed by atoms with Gasteiger partial charge in [-0.3, -0.25) is 4.79 Å². The van der Waals surface area contributed by atoms with Crippen LogP contribution in [0.2, 0.25) is 0 Å². The molecule has 2 N–H and O–H groups in total. The van der Waals surface area contributed by atoms with Crippen LogP contribution in [0.5, 0.6) is 0 Å². The molecule has 1 heterocycles. The van der Waals surface area contributed by atoms with E-state index in [1.165, 1.54) is 0 Å². The van der Waals surface area contributed by atoms with E-state index >= 15 is 0 Å². The van der Waals surface area contributed by atoms with E-state index in [0.717, 1.165) is 19.4 Å². The summed E-state index contributed by atoms with van der Waals surface area (Å²) in [5.41, 5.74) is 0. The van der Waals surface area contributed by atoms with Crippen LogP contribution in [0.3, 0.4) is 0 Å². The second-order valence-electron chi connectivity index (χ2n) is 1.99. The van der Waals surface area contributed by atoms with Gasteiger partial charge in [0, 0.05) is 26.2 Å². The molecule has 1 saturated heterocycles. The predicted octanol–water partition coefficient (Wildman–Crippen LogP) is -0.942. The summed E-state index contributed by atoms with van der Waals surface area (Å²) in [7, 11) is 0. The number of aliphatic carboxylic acids is 1. The molecule has 11 heavy (non-hydrogen) atoms. The van der Waals surface area contributed by atoms with Crippen molar-refractivity contribution in [2.75, 3.05) is 6.54 Å². The summed E-state index contributed by atoms with van der Waals surface area (Å²) < 4.78 is 0. The number of hydrogen-bond donors (Lipinski definition) is 2. The van der Waals surface area contributed by atoms with Crippen molar-refractivity contribution >= 4 is 35.7 Å². The Bertz CT molecular complexity index is 111. The van der Waals surface area contributed by atoms with Crippen LogP contribution in [0.15, 0.2) is 0 Å². The number of carbonyl (C=O) groups is 1. The molecule has 1 atom stereocenters. The number of rotatable bonds is 1. The number of nitrogens with one attached hydrogen (secondary N) is 1. The first-order chi connectivity index (χ1) is 3.80. The fourth-order valence-corrected chi connectivity index (χ4v) is 0.895. The topological polar surface area (TPSA) is 49.3 Å². The maximum Gasteiger partial charge on any atom is 0.320 e. The molecule has 64 valence electrons. The molecule has 1 aliphatic heterocycles. The molecule has 0 aliphatic carbocycles. The Hall–Kier alpha value is 1.14.